The van der Waals surface area contributed by atoms with Crippen molar-refractivity contribution in [1.29, 1.82) is 0 Å². The highest BCUT2D eigenvalue weighted by molar-refractivity contribution is 5.77. The van der Waals surface area contributed by atoms with E-state index in [-0.39, 0.29) is 12.5 Å². The summed E-state index contributed by atoms with van der Waals surface area (Å²) in [5.41, 5.74) is 0. The average molecular weight is 214 g/mol. The van der Waals surface area contributed by atoms with E-state index in [4.69, 9.17) is 4.74 Å². The molecule has 0 aromatic rings. The second kappa shape index (κ2) is 6.80. The topological polar surface area (TPSA) is 41.6 Å². The maximum absolute atomic E-state index is 11.1. The molecular formula is C11H22N2O2. The molecule has 88 valence electrons. The van der Waals surface area contributed by atoms with Crippen LogP contribution < -0.4 is 5.32 Å². The van der Waals surface area contributed by atoms with E-state index in [2.05, 4.69) is 17.3 Å². The third-order valence-electron chi connectivity index (χ3n) is 3.01. The quantitative estimate of drug-likeness (QED) is 0.705. The van der Waals surface area contributed by atoms with Crippen LogP contribution in [0.3, 0.4) is 0 Å². The van der Waals surface area contributed by atoms with Gasteiger partial charge in [0.2, 0.25) is 5.91 Å². The van der Waals surface area contributed by atoms with Gasteiger partial charge >= 0.3 is 0 Å². The third-order valence-corrected chi connectivity index (χ3v) is 3.01. The second-order valence-corrected chi connectivity index (χ2v) is 4.20. The van der Waals surface area contributed by atoms with Crippen molar-refractivity contribution < 1.29 is 9.53 Å². The fourth-order valence-corrected chi connectivity index (χ4v) is 2.08. The number of hydrogen-bond donors (Lipinski definition) is 1. The molecule has 0 aliphatic heterocycles. The zero-order valence-corrected chi connectivity index (χ0v) is 9.79. The summed E-state index contributed by atoms with van der Waals surface area (Å²) in [6.45, 7) is 1.81. The van der Waals surface area contributed by atoms with Gasteiger partial charge in [-0.2, -0.15) is 0 Å². The molecule has 4 nitrogen and oxygen atoms in total. The first-order valence-corrected chi connectivity index (χ1v) is 5.70. The number of rotatable bonds is 6. The van der Waals surface area contributed by atoms with Gasteiger partial charge in [0.1, 0.15) is 6.61 Å². The third kappa shape index (κ3) is 4.62. The minimum atomic E-state index is -0.0303. The molecule has 0 radical (unpaired) electrons. The lowest BCUT2D eigenvalue weighted by molar-refractivity contribution is -0.124. The minimum Gasteiger partial charge on any atom is -0.375 e. The van der Waals surface area contributed by atoms with Crippen LogP contribution in [-0.2, 0) is 9.53 Å². The number of likely N-dealkylation sites (N-methyl/N-ethyl adjacent to an activating group) is 1. The second-order valence-electron chi connectivity index (χ2n) is 4.20. The van der Waals surface area contributed by atoms with E-state index < -0.39 is 0 Å². The lowest BCUT2D eigenvalue weighted by atomic mass is 10.2. The Bertz CT molecular complexity index is 191. The van der Waals surface area contributed by atoms with Gasteiger partial charge < -0.3 is 15.0 Å². The van der Waals surface area contributed by atoms with Crippen LogP contribution in [0.4, 0.5) is 0 Å². The summed E-state index contributed by atoms with van der Waals surface area (Å²) in [4.78, 5) is 13.4. The van der Waals surface area contributed by atoms with E-state index in [0.717, 1.165) is 19.1 Å². The van der Waals surface area contributed by atoms with Crippen LogP contribution in [0.25, 0.3) is 0 Å². The van der Waals surface area contributed by atoms with Crippen molar-refractivity contribution >= 4 is 5.91 Å². The molecular weight excluding hydrogens is 192 g/mol. The molecule has 0 saturated heterocycles. The van der Waals surface area contributed by atoms with Gasteiger partial charge in [0.05, 0.1) is 0 Å². The van der Waals surface area contributed by atoms with Crippen LogP contribution in [-0.4, -0.2) is 50.7 Å². The average Bonchev–Trinajstić information content (AvgIpc) is 2.70. The largest absolute Gasteiger partial charge is 0.375 e. The molecule has 0 bridgehead atoms. The van der Waals surface area contributed by atoms with E-state index in [1.807, 2.05) is 0 Å². The number of carbonyl (C=O) groups excluding carboxylic acids is 1. The standard InChI is InChI=1S/C11H22N2O2/c1-13(10-5-3-4-6-10)8-7-12-11(14)9-15-2/h10H,3-9H2,1-2H3,(H,12,14). The molecule has 1 amide bonds. The normalized spacial score (nSPS) is 17.3. The number of hydrogen-bond acceptors (Lipinski definition) is 3. The van der Waals surface area contributed by atoms with Crippen molar-refractivity contribution in [2.24, 2.45) is 0 Å². The monoisotopic (exact) mass is 214 g/mol. The maximum Gasteiger partial charge on any atom is 0.246 e. The Kier molecular flexibility index (Phi) is 5.65. The first-order chi connectivity index (χ1) is 7.24. The first kappa shape index (κ1) is 12.5. The van der Waals surface area contributed by atoms with Gasteiger partial charge in [0.15, 0.2) is 0 Å². The lowest BCUT2D eigenvalue weighted by Gasteiger charge is -2.23. The summed E-state index contributed by atoms with van der Waals surface area (Å²) >= 11 is 0. The SMILES string of the molecule is COCC(=O)NCCN(C)C1CCCC1. The molecule has 1 saturated carbocycles. The summed E-state index contributed by atoms with van der Waals surface area (Å²) in [6, 6.07) is 0.726. The zero-order chi connectivity index (χ0) is 11.1. The van der Waals surface area contributed by atoms with Crippen molar-refractivity contribution in [1.82, 2.24) is 10.2 Å². The summed E-state index contributed by atoms with van der Waals surface area (Å²) in [5.74, 6) is -0.0303. The molecule has 0 unspecified atom stereocenters. The molecule has 0 aromatic heterocycles. The molecule has 1 aliphatic rings. The molecule has 1 fully saturated rings. The van der Waals surface area contributed by atoms with E-state index in [0.29, 0.717) is 0 Å². The van der Waals surface area contributed by atoms with Crippen molar-refractivity contribution in [3.05, 3.63) is 0 Å². The van der Waals surface area contributed by atoms with Crippen LogP contribution in [0.5, 0.6) is 0 Å². The molecule has 1 aliphatic carbocycles. The van der Waals surface area contributed by atoms with Crippen molar-refractivity contribution in [3.8, 4) is 0 Å². The van der Waals surface area contributed by atoms with E-state index >= 15 is 0 Å². The smallest absolute Gasteiger partial charge is 0.246 e. The summed E-state index contributed by atoms with van der Waals surface area (Å²) in [7, 11) is 3.67. The highest BCUT2D eigenvalue weighted by Crippen LogP contribution is 2.21. The summed E-state index contributed by atoms with van der Waals surface area (Å²) in [6.07, 6.45) is 5.32. The fraction of sp³-hybridized carbons (Fsp3) is 0.909. The van der Waals surface area contributed by atoms with Crippen LogP contribution in [0, 0.1) is 0 Å². The molecule has 1 N–H and O–H groups in total. The maximum atomic E-state index is 11.1. The van der Waals surface area contributed by atoms with Crippen LogP contribution in [0.2, 0.25) is 0 Å². The van der Waals surface area contributed by atoms with Gasteiger partial charge in [-0.15, -0.1) is 0 Å². The number of methoxy groups -OCH3 is 1. The summed E-state index contributed by atoms with van der Waals surface area (Å²) < 4.78 is 4.74. The molecule has 4 heteroatoms. The van der Waals surface area contributed by atoms with Crippen LogP contribution >= 0.6 is 0 Å². The first-order valence-electron chi connectivity index (χ1n) is 5.70. The van der Waals surface area contributed by atoms with E-state index in [1.165, 1.54) is 32.8 Å². The van der Waals surface area contributed by atoms with Gasteiger partial charge in [-0.1, -0.05) is 12.8 Å². The van der Waals surface area contributed by atoms with Crippen molar-refractivity contribution in [3.63, 3.8) is 0 Å². The van der Waals surface area contributed by atoms with Crippen molar-refractivity contribution in [2.75, 3.05) is 33.9 Å². The zero-order valence-electron chi connectivity index (χ0n) is 9.79. The van der Waals surface area contributed by atoms with Gasteiger partial charge in [-0.25, -0.2) is 0 Å². The van der Waals surface area contributed by atoms with Crippen molar-refractivity contribution in [2.45, 2.75) is 31.7 Å². The number of nitrogens with zero attached hydrogens (tertiary/aromatic N) is 1. The Balaban J connectivity index is 2.05. The molecule has 0 spiro atoms. The number of carbonyl (C=O) groups is 1. The predicted octanol–water partition coefficient (Wildman–Crippen LogP) is 0.623. The number of nitrogens with one attached hydrogen (secondary N) is 1. The van der Waals surface area contributed by atoms with Gasteiger partial charge in [-0.3, -0.25) is 4.79 Å². The molecule has 1 rings (SSSR count). The highest BCUT2D eigenvalue weighted by atomic mass is 16.5. The molecule has 15 heavy (non-hydrogen) atoms. The predicted molar refractivity (Wildman–Crippen MR) is 59.8 cm³/mol. The summed E-state index contributed by atoms with van der Waals surface area (Å²) in [5, 5.41) is 2.83. The Morgan fingerprint density at radius 2 is 2.13 bits per heavy atom. The molecule has 0 aromatic carbocycles. The van der Waals surface area contributed by atoms with Crippen LogP contribution in [0.1, 0.15) is 25.7 Å². The van der Waals surface area contributed by atoms with E-state index in [1.54, 1.807) is 0 Å². The Morgan fingerprint density at radius 1 is 1.47 bits per heavy atom. The molecule has 0 heterocycles. The van der Waals surface area contributed by atoms with Gasteiger partial charge in [-0.05, 0) is 19.9 Å². The van der Waals surface area contributed by atoms with Gasteiger partial charge in [0, 0.05) is 26.2 Å². The van der Waals surface area contributed by atoms with Gasteiger partial charge in [0.25, 0.3) is 0 Å². The fourth-order valence-electron chi connectivity index (χ4n) is 2.08. The number of ether oxygens (including phenoxy) is 1. The lowest BCUT2D eigenvalue weighted by Crippen LogP contribution is -2.38. The number of amides is 1. The Morgan fingerprint density at radius 3 is 2.73 bits per heavy atom. The minimum absolute atomic E-state index is 0.0303. The molecule has 0 atom stereocenters. The Hall–Kier alpha value is -0.610. The van der Waals surface area contributed by atoms with E-state index in [9.17, 15) is 4.79 Å². The highest BCUT2D eigenvalue weighted by Gasteiger charge is 2.18. The Labute approximate surface area is 92.0 Å². The van der Waals surface area contributed by atoms with Crippen LogP contribution in [0.15, 0.2) is 0 Å².